The predicted octanol–water partition coefficient (Wildman–Crippen LogP) is 6.76. The molecule has 6 rings (SSSR count). The Hall–Kier alpha value is -4.99. The van der Waals surface area contributed by atoms with E-state index >= 15 is 0 Å². The topological polar surface area (TPSA) is 150 Å². The number of benzene rings is 3. The summed E-state index contributed by atoms with van der Waals surface area (Å²) in [4.78, 5) is 58.2. The average Bonchev–Trinajstić information content (AvgIpc) is 3.37. The summed E-state index contributed by atoms with van der Waals surface area (Å²) in [6.45, 7) is 12.7. The lowest BCUT2D eigenvalue weighted by Crippen LogP contribution is -2.59. The molecule has 3 saturated heterocycles. The fourth-order valence-electron chi connectivity index (χ4n) is 7.60. The first-order valence-electron chi connectivity index (χ1n) is 19.5. The zero-order valence-corrected chi connectivity index (χ0v) is 36.6. The van der Waals surface area contributed by atoms with Crippen LogP contribution in [0.1, 0.15) is 64.2 Å². The fraction of sp³-hybridized carbons (Fsp3) is 0.429. The molecule has 326 valence electrons. The molecule has 1 atom stereocenters. The van der Waals surface area contributed by atoms with Crippen LogP contribution in [0.3, 0.4) is 0 Å². The number of rotatable bonds is 12. The number of alkyl halides is 3. The molecule has 3 aromatic rings. The summed E-state index contributed by atoms with van der Waals surface area (Å²) in [5.74, 6) is -0.797. The third-order valence-electron chi connectivity index (χ3n) is 11.2. The lowest BCUT2D eigenvalue weighted by molar-refractivity contribution is -0.138. The Bertz CT molecular complexity index is 2260. The molecule has 3 heterocycles. The Morgan fingerprint density at radius 1 is 1.02 bits per heavy atom. The number of carbonyl (C=O) groups excluding carboxylic acids is 4. The van der Waals surface area contributed by atoms with Gasteiger partial charge in [-0.1, -0.05) is 18.5 Å². The van der Waals surface area contributed by atoms with Crippen LogP contribution in [0.15, 0.2) is 54.6 Å². The van der Waals surface area contributed by atoms with Crippen LogP contribution in [-0.2, 0) is 31.8 Å². The van der Waals surface area contributed by atoms with E-state index in [1.54, 1.807) is 55.1 Å². The molecule has 3 aliphatic heterocycles. The second kappa shape index (κ2) is 18.5. The number of nitrogens with zero attached hydrogens (tertiary/aromatic N) is 5. The molecule has 19 heteroatoms. The Labute approximate surface area is 368 Å². The smallest absolute Gasteiger partial charge is 0.417 e. The van der Waals surface area contributed by atoms with Gasteiger partial charge in [-0.05, 0) is 113 Å². The molecule has 1 unspecified atom stereocenters. The van der Waals surface area contributed by atoms with Gasteiger partial charge in [0.2, 0.25) is 17.7 Å². The minimum Gasteiger partial charge on any atom is -0.492 e. The zero-order chi connectivity index (χ0) is 43.7. The van der Waals surface area contributed by atoms with Crippen LogP contribution in [0.5, 0.6) is 5.75 Å². The standard InChI is InChI=1S/C42H46ClF3N8O5S.ClH/c1-6-25-19-31(54-39(60)53(38(58)41(54,4)5)30-8-7-26(24-47)32(23-30)42(44,45)46)9-11-34(25)59-18-17-51-13-15-52(16-14-51)40(2,3)37(57)49-29-21-27(43)20-28(22-29)48-33-10-12-35(55)50-36(33)56;/h7-9,11,19-23,33,48H,6,10,12-18H2,1-5H3,(H,49,57)(H,50,55,56);1H. The molecule has 0 spiro atoms. The third kappa shape index (κ3) is 10.1. The van der Waals surface area contributed by atoms with Crippen LogP contribution in [0.2, 0.25) is 5.02 Å². The number of hydrogen-bond acceptors (Lipinski definition) is 10. The molecule has 13 nitrogen and oxygen atoms in total. The van der Waals surface area contributed by atoms with E-state index in [0.29, 0.717) is 80.0 Å². The van der Waals surface area contributed by atoms with Crippen molar-refractivity contribution < 1.29 is 37.1 Å². The van der Waals surface area contributed by atoms with Gasteiger partial charge in [-0.3, -0.25) is 39.2 Å². The summed E-state index contributed by atoms with van der Waals surface area (Å²) >= 11 is 12.1. The van der Waals surface area contributed by atoms with E-state index in [-0.39, 0.29) is 41.4 Å². The van der Waals surface area contributed by atoms with Crippen molar-refractivity contribution in [2.45, 2.75) is 77.2 Å². The van der Waals surface area contributed by atoms with Crippen LogP contribution in [0, 0.1) is 11.3 Å². The highest BCUT2D eigenvalue weighted by molar-refractivity contribution is 7.81. The molecule has 0 bridgehead atoms. The summed E-state index contributed by atoms with van der Waals surface area (Å²) in [5.41, 5.74) is -1.42. The third-order valence-corrected chi connectivity index (χ3v) is 11.7. The number of imide groups is 1. The van der Waals surface area contributed by atoms with Crippen molar-refractivity contribution in [2.75, 3.05) is 59.8 Å². The van der Waals surface area contributed by atoms with Crippen molar-refractivity contribution in [3.8, 4) is 11.8 Å². The molecule has 0 radical (unpaired) electrons. The number of piperidine rings is 1. The second-order valence-corrected chi connectivity index (χ2v) is 16.7. The van der Waals surface area contributed by atoms with Gasteiger partial charge >= 0.3 is 6.18 Å². The van der Waals surface area contributed by atoms with E-state index in [4.69, 9.17) is 28.6 Å². The van der Waals surface area contributed by atoms with Crippen LogP contribution >= 0.6 is 36.2 Å². The van der Waals surface area contributed by atoms with E-state index in [0.717, 1.165) is 22.6 Å². The van der Waals surface area contributed by atoms with Gasteiger partial charge in [-0.2, -0.15) is 18.4 Å². The fourth-order valence-corrected chi connectivity index (χ4v) is 8.36. The number of halogens is 5. The molecule has 0 aromatic heterocycles. The second-order valence-electron chi connectivity index (χ2n) is 15.9. The number of aryl methyl sites for hydroxylation is 1. The summed E-state index contributed by atoms with van der Waals surface area (Å²) in [6.07, 6.45) is -3.64. The van der Waals surface area contributed by atoms with E-state index in [1.807, 2.05) is 26.8 Å². The van der Waals surface area contributed by atoms with E-state index in [9.17, 15) is 37.6 Å². The van der Waals surface area contributed by atoms with E-state index in [1.165, 1.54) is 6.07 Å². The number of ether oxygens (including phenoxy) is 1. The summed E-state index contributed by atoms with van der Waals surface area (Å²) in [7, 11) is 0. The quantitative estimate of drug-likeness (QED) is 0.131. The van der Waals surface area contributed by atoms with Crippen LogP contribution in [-0.4, -0.2) is 95.0 Å². The predicted molar refractivity (Wildman–Crippen MR) is 233 cm³/mol. The number of nitriles is 1. The van der Waals surface area contributed by atoms with Gasteiger partial charge in [0, 0.05) is 61.2 Å². The van der Waals surface area contributed by atoms with Gasteiger partial charge in [0.15, 0.2) is 5.11 Å². The molecule has 0 saturated carbocycles. The number of hydrogen-bond donors (Lipinski definition) is 3. The molecule has 3 N–H and O–H groups in total. The van der Waals surface area contributed by atoms with Crippen LogP contribution in [0.4, 0.5) is 35.9 Å². The van der Waals surface area contributed by atoms with Gasteiger partial charge < -0.3 is 20.3 Å². The summed E-state index contributed by atoms with van der Waals surface area (Å²) < 4.78 is 47.6. The van der Waals surface area contributed by atoms with Crippen molar-refractivity contribution in [3.63, 3.8) is 0 Å². The maximum absolute atomic E-state index is 13.8. The minimum absolute atomic E-state index is 0. The van der Waals surface area contributed by atoms with Crippen LogP contribution < -0.4 is 30.5 Å². The van der Waals surface area contributed by atoms with Gasteiger partial charge in [0.25, 0.3) is 5.91 Å². The van der Waals surface area contributed by atoms with Crippen molar-refractivity contribution in [2.24, 2.45) is 0 Å². The van der Waals surface area contributed by atoms with Gasteiger partial charge in [-0.15, -0.1) is 12.4 Å². The number of thiocarbonyl (C=S) groups is 1. The highest BCUT2D eigenvalue weighted by Gasteiger charge is 2.51. The lowest BCUT2D eigenvalue weighted by atomic mass is 10.00. The average molecular weight is 904 g/mol. The molecule has 0 aliphatic carbocycles. The van der Waals surface area contributed by atoms with Crippen molar-refractivity contribution in [1.29, 1.82) is 5.26 Å². The highest BCUT2D eigenvalue weighted by atomic mass is 35.5. The normalized spacial score (nSPS) is 18.7. The highest BCUT2D eigenvalue weighted by Crippen LogP contribution is 2.41. The molecule has 4 amide bonds. The van der Waals surface area contributed by atoms with Crippen molar-refractivity contribution in [3.05, 3.63) is 76.3 Å². The minimum atomic E-state index is -4.80. The van der Waals surface area contributed by atoms with Gasteiger partial charge in [0.05, 0.1) is 28.4 Å². The number of piperazine rings is 1. The van der Waals surface area contributed by atoms with Crippen LogP contribution in [0.25, 0.3) is 0 Å². The van der Waals surface area contributed by atoms with E-state index < -0.39 is 46.2 Å². The van der Waals surface area contributed by atoms with Gasteiger partial charge in [-0.25, -0.2) is 0 Å². The molecule has 3 fully saturated rings. The monoisotopic (exact) mass is 902 g/mol. The number of nitrogens with one attached hydrogen (secondary N) is 3. The molecular formula is C42H47Cl2F3N8O5S. The SMILES string of the molecule is CCc1cc(N2C(=S)N(c3ccc(C#N)c(C(F)(F)F)c3)C(=O)C2(C)C)ccc1OCCN1CCN(C(C)(C)C(=O)Nc2cc(Cl)cc(NC3CCC(=O)NC3=O)c2)CC1.Cl. The summed E-state index contributed by atoms with van der Waals surface area (Å²) in [5, 5.41) is 18.0. The Balaban J connectivity index is 0.00000704. The number of carbonyl (C=O) groups is 4. The molecule has 3 aromatic carbocycles. The Kier molecular flexibility index (Phi) is 14.3. The molecular weight excluding hydrogens is 856 g/mol. The maximum atomic E-state index is 13.8. The lowest BCUT2D eigenvalue weighted by Gasteiger charge is -2.43. The largest absolute Gasteiger partial charge is 0.492 e. The van der Waals surface area contributed by atoms with Crippen molar-refractivity contribution in [1.82, 2.24) is 15.1 Å². The first-order valence-corrected chi connectivity index (χ1v) is 20.3. The Morgan fingerprint density at radius 3 is 2.33 bits per heavy atom. The van der Waals surface area contributed by atoms with Crippen molar-refractivity contribution >= 4 is 87.7 Å². The zero-order valence-electron chi connectivity index (χ0n) is 34.2. The van der Waals surface area contributed by atoms with E-state index in [2.05, 4.69) is 25.8 Å². The molecule has 3 aliphatic rings. The van der Waals surface area contributed by atoms with Gasteiger partial charge in [0.1, 0.15) is 23.9 Å². The first kappa shape index (κ1) is 47.1. The summed E-state index contributed by atoms with van der Waals surface area (Å²) in [6, 6.07) is 14.5. The first-order chi connectivity index (χ1) is 28.2. The number of anilines is 4. The maximum Gasteiger partial charge on any atom is 0.417 e. The number of amides is 4. The Morgan fingerprint density at radius 2 is 1.69 bits per heavy atom. The molecule has 61 heavy (non-hydrogen) atoms.